The van der Waals surface area contributed by atoms with E-state index in [9.17, 15) is 0 Å². The predicted octanol–water partition coefficient (Wildman–Crippen LogP) is 3.85. The Labute approximate surface area is 110 Å². The standard InChI is InChI=1S/C14H12ClNO2/c15-11-3-1-2-4-12(11)16-10-5-6-13-14(9-10)18-8-7-17-13/h1-6,9,16H,7-8H2. The maximum absolute atomic E-state index is 6.10. The molecule has 0 unspecified atom stereocenters. The number of rotatable bonds is 2. The van der Waals surface area contributed by atoms with Crippen molar-refractivity contribution in [2.45, 2.75) is 0 Å². The lowest BCUT2D eigenvalue weighted by atomic mass is 10.2. The first-order chi connectivity index (χ1) is 8.83. The van der Waals surface area contributed by atoms with E-state index in [0.717, 1.165) is 22.9 Å². The summed E-state index contributed by atoms with van der Waals surface area (Å²) >= 11 is 6.10. The first-order valence-electron chi connectivity index (χ1n) is 5.74. The van der Waals surface area contributed by atoms with Crippen LogP contribution in [0.15, 0.2) is 42.5 Å². The van der Waals surface area contributed by atoms with Gasteiger partial charge in [0.15, 0.2) is 11.5 Å². The Bertz CT molecular complexity index is 571. The number of ether oxygens (including phenoxy) is 2. The number of benzene rings is 2. The van der Waals surface area contributed by atoms with Crippen LogP contribution < -0.4 is 14.8 Å². The van der Waals surface area contributed by atoms with E-state index in [1.54, 1.807) is 0 Å². The highest BCUT2D eigenvalue weighted by molar-refractivity contribution is 6.33. The molecule has 3 rings (SSSR count). The van der Waals surface area contributed by atoms with Crippen LogP contribution in [-0.2, 0) is 0 Å². The maximum atomic E-state index is 6.10. The molecule has 0 bridgehead atoms. The number of para-hydroxylation sites is 1. The van der Waals surface area contributed by atoms with Gasteiger partial charge in [-0.05, 0) is 24.3 Å². The van der Waals surface area contributed by atoms with Crippen molar-refractivity contribution in [1.29, 1.82) is 0 Å². The molecule has 1 aliphatic rings. The lowest BCUT2D eigenvalue weighted by molar-refractivity contribution is 0.171. The number of hydrogen-bond donors (Lipinski definition) is 1. The average molecular weight is 262 g/mol. The van der Waals surface area contributed by atoms with Gasteiger partial charge in [-0.3, -0.25) is 0 Å². The summed E-state index contributed by atoms with van der Waals surface area (Å²) in [5.41, 5.74) is 1.79. The Morgan fingerprint density at radius 2 is 1.72 bits per heavy atom. The summed E-state index contributed by atoms with van der Waals surface area (Å²) in [5.74, 6) is 1.55. The van der Waals surface area contributed by atoms with E-state index in [1.165, 1.54) is 0 Å². The zero-order valence-corrected chi connectivity index (χ0v) is 10.4. The van der Waals surface area contributed by atoms with E-state index in [4.69, 9.17) is 21.1 Å². The molecule has 3 nitrogen and oxygen atoms in total. The van der Waals surface area contributed by atoms with E-state index in [2.05, 4.69) is 5.32 Å². The molecule has 1 heterocycles. The van der Waals surface area contributed by atoms with Gasteiger partial charge in [0.2, 0.25) is 0 Å². The molecule has 0 atom stereocenters. The molecule has 1 aliphatic heterocycles. The van der Waals surface area contributed by atoms with Gasteiger partial charge in [0.1, 0.15) is 13.2 Å². The Morgan fingerprint density at radius 3 is 2.56 bits per heavy atom. The molecule has 2 aromatic rings. The van der Waals surface area contributed by atoms with Crippen LogP contribution >= 0.6 is 11.6 Å². The van der Waals surface area contributed by atoms with Crippen LogP contribution in [0.3, 0.4) is 0 Å². The van der Waals surface area contributed by atoms with Gasteiger partial charge < -0.3 is 14.8 Å². The molecule has 18 heavy (non-hydrogen) atoms. The largest absolute Gasteiger partial charge is 0.486 e. The molecule has 92 valence electrons. The molecule has 0 aromatic heterocycles. The zero-order valence-electron chi connectivity index (χ0n) is 9.65. The fraction of sp³-hybridized carbons (Fsp3) is 0.143. The normalized spacial score (nSPS) is 13.2. The van der Waals surface area contributed by atoms with Gasteiger partial charge in [0, 0.05) is 11.8 Å². The van der Waals surface area contributed by atoms with Crippen LogP contribution in [0.1, 0.15) is 0 Å². The van der Waals surface area contributed by atoms with Gasteiger partial charge in [-0.1, -0.05) is 23.7 Å². The summed E-state index contributed by atoms with van der Waals surface area (Å²) in [6.07, 6.45) is 0. The van der Waals surface area contributed by atoms with Gasteiger partial charge in [0.05, 0.1) is 10.7 Å². The molecule has 4 heteroatoms. The Morgan fingerprint density at radius 1 is 0.944 bits per heavy atom. The first-order valence-corrected chi connectivity index (χ1v) is 6.12. The van der Waals surface area contributed by atoms with Crippen LogP contribution in [0.25, 0.3) is 0 Å². The van der Waals surface area contributed by atoms with E-state index in [-0.39, 0.29) is 0 Å². The Kier molecular flexibility index (Phi) is 2.99. The molecule has 0 spiro atoms. The molecule has 2 aromatic carbocycles. The lowest BCUT2D eigenvalue weighted by Crippen LogP contribution is -2.15. The van der Waals surface area contributed by atoms with Crippen molar-refractivity contribution in [3.63, 3.8) is 0 Å². The van der Waals surface area contributed by atoms with Gasteiger partial charge >= 0.3 is 0 Å². The van der Waals surface area contributed by atoms with Crippen molar-refractivity contribution in [3.05, 3.63) is 47.5 Å². The van der Waals surface area contributed by atoms with E-state index in [0.29, 0.717) is 18.2 Å². The van der Waals surface area contributed by atoms with Crippen LogP contribution in [0.2, 0.25) is 5.02 Å². The van der Waals surface area contributed by atoms with Gasteiger partial charge in [-0.15, -0.1) is 0 Å². The number of nitrogens with one attached hydrogen (secondary N) is 1. The molecule has 0 fully saturated rings. The lowest BCUT2D eigenvalue weighted by Gasteiger charge is -2.19. The smallest absolute Gasteiger partial charge is 0.163 e. The highest BCUT2D eigenvalue weighted by Crippen LogP contribution is 2.34. The monoisotopic (exact) mass is 261 g/mol. The molecule has 0 saturated carbocycles. The third kappa shape index (κ3) is 2.22. The van der Waals surface area contributed by atoms with Crippen molar-refractivity contribution >= 4 is 23.0 Å². The summed E-state index contributed by atoms with van der Waals surface area (Å²) < 4.78 is 11.0. The summed E-state index contributed by atoms with van der Waals surface area (Å²) in [5, 5.41) is 3.94. The van der Waals surface area contributed by atoms with E-state index in [1.807, 2.05) is 42.5 Å². The van der Waals surface area contributed by atoms with Crippen molar-refractivity contribution in [1.82, 2.24) is 0 Å². The first kappa shape index (κ1) is 11.2. The number of anilines is 2. The van der Waals surface area contributed by atoms with Crippen LogP contribution in [-0.4, -0.2) is 13.2 Å². The topological polar surface area (TPSA) is 30.5 Å². The third-order valence-electron chi connectivity index (χ3n) is 2.70. The maximum Gasteiger partial charge on any atom is 0.163 e. The highest BCUT2D eigenvalue weighted by atomic mass is 35.5. The second-order valence-corrected chi connectivity index (χ2v) is 4.37. The molecule has 0 amide bonds. The second kappa shape index (κ2) is 4.78. The fourth-order valence-electron chi connectivity index (χ4n) is 1.84. The Balaban J connectivity index is 1.87. The minimum atomic E-state index is 0.586. The van der Waals surface area contributed by atoms with Crippen LogP contribution in [0.4, 0.5) is 11.4 Å². The fourth-order valence-corrected chi connectivity index (χ4v) is 2.02. The molecule has 1 N–H and O–H groups in total. The molecular weight excluding hydrogens is 250 g/mol. The van der Waals surface area contributed by atoms with Gasteiger partial charge in [-0.25, -0.2) is 0 Å². The highest BCUT2D eigenvalue weighted by Gasteiger charge is 2.11. The summed E-state index contributed by atoms with van der Waals surface area (Å²) in [4.78, 5) is 0. The zero-order chi connectivity index (χ0) is 12.4. The average Bonchev–Trinajstić information content (AvgIpc) is 2.41. The van der Waals surface area contributed by atoms with Crippen molar-refractivity contribution in [2.75, 3.05) is 18.5 Å². The van der Waals surface area contributed by atoms with E-state index >= 15 is 0 Å². The molecule has 0 saturated heterocycles. The van der Waals surface area contributed by atoms with E-state index < -0.39 is 0 Å². The number of halogens is 1. The predicted molar refractivity (Wildman–Crippen MR) is 72.2 cm³/mol. The number of fused-ring (bicyclic) bond motifs is 1. The summed E-state index contributed by atoms with van der Waals surface area (Å²) in [6, 6.07) is 13.4. The van der Waals surface area contributed by atoms with Crippen molar-refractivity contribution in [2.24, 2.45) is 0 Å². The summed E-state index contributed by atoms with van der Waals surface area (Å²) in [7, 11) is 0. The quantitative estimate of drug-likeness (QED) is 0.891. The molecule has 0 aliphatic carbocycles. The van der Waals surface area contributed by atoms with Crippen molar-refractivity contribution < 1.29 is 9.47 Å². The second-order valence-electron chi connectivity index (χ2n) is 3.96. The number of hydrogen-bond acceptors (Lipinski definition) is 3. The minimum Gasteiger partial charge on any atom is -0.486 e. The molecular formula is C14H12ClNO2. The Hall–Kier alpha value is -1.87. The van der Waals surface area contributed by atoms with Gasteiger partial charge in [-0.2, -0.15) is 0 Å². The SMILES string of the molecule is Clc1ccccc1Nc1ccc2c(c1)OCCO2. The van der Waals surface area contributed by atoms with Crippen molar-refractivity contribution in [3.8, 4) is 11.5 Å². The third-order valence-corrected chi connectivity index (χ3v) is 3.02. The minimum absolute atomic E-state index is 0.586. The van der Waals surface area contributed by atoms with Gasteiger partial charge in [0.25, 0.3) is 0 Å². The van der Waals surface area contributed by atoms with Crippen LogP contribution in [0, 0.1) is 0 Å². The van der Waals surface area contributed by atoms with Crippen LogP contribution in [0.5, 0.6) is 11.5 Å². The molecule has 0 radical (unpaired) electrons. The summed E-state index contributed by atoms with van der Waals surface area (Å²) in [6.45, 7) is 1.19.